The average Bonchev–Trinajstić information content (AvgIpc) is 3.05. The minimum atomic E-state index is -3.68. The lowest BCUT2D eigenvalue weighted by atomic mass is 10.2. The van der Waals surface area contributed by atoms with Gasteiger partial charge in [-0.05, 0) is 139 Å². The van der Waals surface area contributed by atoms with Gasteiger partial charge in [0.1, 0.15) is 47.4 Å². The molecule has 0 saturated heterocycles. The van der Waals surface area contributed by atoms with Gasteiger partial charge < -0.3 is 28.4 Å². The van der Waals surface area contributed by atoms with E-state index in [-0.39, 0.29) is 44.0 Å². The van der Waals surface area contributed by atoms with Crippen molar-refractivity contribution in [1.29, 1.82) is 0 Å². The summed E-state index contributed by atoms with van der Waals surface area (Å²) in [6, 6.07) is 25.3. The molecule has 10 nitrogen and oxygen atoms in total. The van der Waals surface area contributed by atoms with E-state index >= 15 is 0 Å². The van der Waals surface area contributed by atoms with E-state index in [9.17, 15) is 16.8 Å². The molecule has 0 atom stereocenters. The molecule has 0 saturated carbocycles. The van der Waals surface area contributed by atoms with E-state index in [1.165, 1.54) is 48.5 Å². The molecule has 270 valence electrons. The normalized spacial score (nSPS) is 12.4. The first-order valence-corrected chi connectivity index (χ1v) is 19.2. The summed E-state index contributed by atoms with van der Waals surface area (Å²) in [6.45, 7) is 13.5. The van der Waals surface area contributed by atoms with E-state index < -0.39 is 19.7 Å². The van der Waals surface area contributed by atoms with Crippen LogP contribution in [-0.4, -0.2) is 67.7 Å². The van der Waals surface area contributed by atoms with Crippen molar-refractivity contribution >= 4 is 19.7 Å². The van der Waals surface area contributed by atoms with Crippen molar-refractivity contribution in [3.8, 4) is 23.0 Å². The van der Waals surface area contributed by atoms with Crippen molar-refractivity contribution < 1.29 is 45.3 Å². The lowest BCUT2D eigenvalue weighted by Gasteiger charge is -2.21. The molecule has 50 heavy (non-hydrogen) atoms. The van der Waals surface area contributed by atoms with E-state index in [4.69, 9.17) is 28.4 Å². The summed E-state index contributed by atoms with van der Waals surface area (Å²) >= 11 is 0. The number of ether oxygens (including phenoxy) is 6. The molecule has 0 radical (unpaired) electrons. The van der Waals surface area contributed by atoms with Gasteiger partial charge in [0.15, 0.2) is 0 Å². The van der Waals surface area contributed by atoms with Crippen LogP contribution in [0.2, 0.25) is 0 Å². The van der Waals surface area contributed by atoms with Crippen LogP contribution in [-0.2, 0) is 29.1 Å². The maximum absolute atomic E-state index is 13.0. The zero-order valence-electron chi connectivity index (χ0n) is 29.4. The Balaban J connectivity index is 1.09. The highest BCUT2D eigenvalue weighted by Gasteiger charge is 2.20. The van der Waals surface area contributed by atoms with Crippen molar-refractivity contribution in [1.82, 2.24) is 0 Å². The Labute approximate surface area is 296 Å². The maximum atomic E-state index is 13.0. The molecule has 0 aromatic heterocycles. The number of hydrogen-bond donors (Lipinski definition) is 0. The minimum Gasteiger partial charge on any atom is -0.491 e. The van der Waals surface area contributed by atoms with Crippen LogP contribution in [0.1, 0.15) is 41.5 Å². The van der Waals surface area contributed by atoms with Crippen LogP contribution in [0, 0.1) is 0 Å². The Morgan fingerprint density at radius 1 is 0.380 bits per heavy atom. The fraction of sp³-hybridized carbons (Fsp3) is 0.368. The Kier molecular flexibility index (Phi) is 13.0. The second-order valence-electron chi connectivity index (χ2n) is 13.2. The molecular weight excluding hydrogens is 681 g/mol. The molecule has 0 bridgehead atoms. The quantitative estimate of drug-likeness (QED) is 0.103. The summed E-state index contributed by atoms with van der Waals surface area (Å²) < 4.78 is 86.1. The molecule has 4 aromatic carbocycles. The van der Waals surface area contributed by atoms with Crippen molar-refractivity contribution in [2.45, 2.75) is 72.3 Å². The average molecular weight is 727 g/mol. The van der Waals surface area contributed by atoms with E-state index in [0.717, 1.165) is 0 Å². The van der Waals surface area contributed by atoms with E-state index in [1.54, 1.807) is 48.5 Å². The van der Waals surface area contributed by atoms with Gasteiger partial charge >= 0.3 is 0 Å². The third-order valence-electron chi connectivity index (χ3n) is 6.75. The number of sulfone groups is 2. The molecule has 0 aliphatic carbocycles. The van der Waals surface area contributed by atoms with Gasteiger partial charge in [0.05, 0.1) is 46.0 Å². The summed E-state index contributed by atoms with van der Waals surface area (Å²) in [5.74, 6) is 2.26. The van der Waals surface area contributed by atoms with Crippen LogP contribution < -0.4 is 18.9 Å². The van der Waals surface area contributed by atoms with Gasteiger partial charge in [-0.15, -0.1) is 0 Å². The first-order chi connectivity index (χ1) is 23.5. The molecule has 0 fully saturated rings. The van der Waals surface area contributed by atoms with Gasteiger partial charge in [0.2, 0.25) is 19.7 Å². The maximum Gasteiger partial charge on any atom is 0.206 e. The Bertz CT molecular complexity index is 1720. The largest absolute Gasteiger partial charge is 0.491 e. The van der Waals surface area contributed by atoms with Gasteiger partial charge in [-0.25, -0.2) is 16.8 Å². The summed E-state index contributed by atoms with van der Waals surface area (Å²) in [5, 5.41) is 0. The zero-order valence-corrected chi connectivity index (χ0v) is 31.0. The van der Waals surface area contributed by atoms with Gasteiger partial charge in [-0.2, -0.15) is 0 Å². The lowest BCUT2D eigenvalue weighted by molar-refractivity contribution is 0.0273. The Morgan fingerprint density at radius 3 is 0.880 bits per heavy atom. The molecule has 0 heterocycles. The SMILES string of the molecule is CC(C)(C)Oc1ccc(S(=O)(=O)c2ccc(OCCOCCOCCOc3ccc(S(=O)(=O)c4ccc(OC(C)(C)C)cc4)cc3)cc2)cc1. The molecular formula is C38H46O10S2. The lowest BCUT2D eigenvalue weighted by Crippen LogP contribution is -2.22. The number of rotatable bonds is 17. The first kappa shape index (κ1) is 38.7. The molecule has 0 aliphatic rings. The third-order valence-corrected chi connectivity index (χ3v) is 10.3. The molecule has 0 spiro atoms. The Morgan fingerprint density at radius 2 is 0.620 bits per heavy atom. The molecule has 12 heteroatoms. The van der Waals surface area contributed by atoms with Crippen LogP contribution in [0.5, 0.6) is 23.0 Å². The summed E-state index contributed by atoms with van der Waals surface area (Å²) in [6.07, 6.45) is 0. The highest BCUT2D eigenvalue weighted by atomic mass is 32.2. The van der Waals surface area contributed by atoms with Crippen LogP contribution in [0.25, 0.3) is 0 Å². The highest BCUT2D eigenvalue weighted by molar-refractivity contribution is 7.91. The van der Waals surface area contributed by atoms with Crippen molar-refractivity contribution in [2.24, 2.45) is 0 Å². The molecule has 0 aliphatic heterocycles. The number of benzene rings is 4. The van der Waals surface area contributed by atoms with Crippen molar-refractivity contribution in [3.05, 3.63) is 97.1 Å². The van der Waals surface area contributed by atoms with Crippen LogP contribution in [0.15, 0.2) is 117 Å². The predicted molar refractivity (Wildman–Crippen MR) is 190 cm³/mol. The van der Waals surface area contributed by atoms with E-state index in [2.05, 4.69) is 0 Å². The molecule has 0 N–H and O–H groups in total. The van der Waals surface area contributed by atoms with Crippen molar-refractivity contribution in [2.75, 3.05) is 39.6 Å². The summed E-state index contributed by atoms with van der Waals surface area (Å²) in [5.41, 5.74) is -0.756. The second kappa shape index (κ2) is 16.7. The fourth-order valence-electron chi connectivity index (χ4n) is 4.54. The topological polar surface area (TPSA) is 124 Å². The van der Waals surface area contributed by atoms with Crippen molar-refractivity contribution in [3.63, 3.8) is 0 Å². The van der Waals surface area contributed by atoms with Crippen LogP contribution in [0.4, 0.5) is 0 Å². The van der Waals surface area contributed by atoms with Gasteiger partial charge in [0, 0.05) is 0 Å². The second-order valence-corrected chi connectivity index (χ2v) is 17.1. The standard InChI is InChI=1S/C38H46O10S2/c1-37(2,3)47-31-11-19-35(20-12-31)49(39,40)33-15-7-29(8-16-33)45-27-25-43-23-24-44-26-28-46-30-9-17-34(18-10-30)50(41,42)36-21-13-32(14-22-36)48-38(4,5)6/h7-22H,23-28H2,1-6H3. The molecule has 0 amide bonds. The number of hydrogen-bond acceptors (Lipinski definition) is 10. The van der Waals surface area contributed by atoms with Gasteiger partial charge in [-0.1, -0.05) is 0 Å². The zero-order chi connectivity index (χ0) is 36.4. The first-order valence-electron chi connectivity index (χ1n) is 16.2. The van der Waals surface area contributed by atoms with Crippen LogP contribution in [0.3, 0.4) is 0 Å². The fourth-order valence-corrected chi connectivity index (χ4v) is 7.06. The Hall–Kier alpha value is -4.10. The van der Waals surface area contributed by atoms with E-state index in [0.29, 0.717) is 49.4 Å². The monoisotopic (exact) mass is 726 g/mol. The van der Waals surface area contributed by atoms with Gasteiger partial charge in [-0.3, -0.25) is 0 Å². The highest BCUT2D eigenvalue weighted by Crippen LogP contribution is 2.28. The smallest absolute Gasteiger partial charge is 0.206 e. The predicted octanol–water partition coefficient (Wildman–Crippen LogP) is 7.20. The van der Waals surface area contributed by atoms with E-state index in [1.807, 2.05) is 41.5 Å². The van der Waals surface area contributed by atoms with Gasteiger partial charge in [0.25, 0.3) is 0 Å². The summed E-state index contributed by atoms with van der Waals surface area (Å²) in [4.78, 5) is 0.701. The minimum absolute atomic E-state index is 0.168. The molecule has 4 aromatic rings. The molecule has 0 unspecified atom stereocenters. The molecule has 4 rings (SSSR count). The van der Waals surface area contributed by atoms with Crippen LogP contribution >= 0.6 is 0 Å². The third kappa shape index (κ3) is 11.8. The summed E-state index contributed by atoms with van der Waals surface area (Å²) in [7, 11) is -7.36.